The predicted octanol–water partition coefficient (Wildman–Crippen LogP) is 4.47. The number of carbonyl (C=O) groups is 1. The van der Waals surface area contributed by atoms with Crippen LogP contribution >= 0.6 is 11.6 Å². The normalized spacial score (nSPS) is 10.6. The second kappa shape index (κ2) is 6.12. The van der Waals surface area contributed by atoms with Gasteiger partial charge in [-0.25, -0.2) is 0 Å². The molecule has 0 bridgehead atoms. The van der Waals surface area contributed by atoms with Crippen LogP contribution in [0.4, 0.5) is 0 Å². The van der Waals surface area contributed by atoms with Crippen molar-refractivity contribution in [2.45, 2.75) is 6.54 Å². The number of carbonyl (C=O) groups excluding carboxylic acids is 1. The number of rotatable bonds is 4. The number of nitrogens with zero attached hydrogens (tertiary/aromatic N) is 1. The lowest BCUT2D eigenvalue weighted by molar-refractivity contribution is 0.0744. The summed E-state index contributed by atoms with van der Waals surface area (Å²) in [5, 5.41) is 0.583. The fourth-order valence-electron chi connectivity index (χ4n) is 2.15. The van der Waals surface area contributed by atoms with Gasteiger partial charge in [0.2, 0.25) is 0 Å². The highest BCUT2D eigenvalue weighted by molar-refractivity contribution is 6.33. The van der Waals surface area contributed by atoms with Crippen LogP contribution in [-0.4, -0.2) is 17.9 Å². The van der Waals surface area contributed by atoms with E-state index in [1.54, 1.807) is 37.6 Å². The van der Waals surface area contributed by atoms with E-state index in [1.807, 2.05) is 24.3 Å². The molecule has 0 saturated heterocycles. The Balaban J connectivity index is 1.78. The predicted molar refractivity (Wildman–Crippen MR) is 83.7 cm³/mol. The maximum Gasteiger partial charge on any atom is 0.289 e. The van der Waals surface area contributed by atoms with E-state index in [0.29, 0.717) is 23.1 Å². The lowest BCUT2D eigenvalue weighted by Gasteiger charge is -2.13. The van der Waals surface area contributed by atoms with Gasteiger partial charge < -0.3 is 13.7 Å². The van der Waals surface area contributed by atoms with Crippen molar-refractivity contribution in [3.05, 3.63) is 71.3 Å². The van der Waals surface area contributed by atoms with Crippen molar-refractivity contribution in [3.63, 3.8) is 0 Å². The van der Waals surface area contributed by atoms with Crippen LogP contribution in [0.1, 0.15) is 16.3 Å². The van der Waals surface area contributed by atoms with Gasteiger partial charge in [0.1, 0.15) is 11.5 Å². The van der Waals surface area contributed by atoms with E-state index in [0.717, 1.165) is 5.56 Å². The van der Waals surface area contributed by atoms with Crippen molar-refractivity contribution < 1.29 is 13.6 Å². The monoisotopic (exact) mass is 315 g/mol. The quantitative estimate of drug-likeness (QED) is 0.714. The smallest absolute Gasteiger partial charge is 0.289 e. The third-order valence-corrected chi connectivity index (χ3v) is 3.61. The molecule has 0 radical (unpaired) electrons. The minimum absolute atomic E-state index is 0.213. The average Bonchev–Trinajstić information content (AvgIpc) is 3.18. The van der Waals surface area contributed by atoms with E-state index in [2.05, 4.69) is 0 Å². The lowest BCUT2D eigenvalue weighted by atomic mass is 10.2. The molecule has 0 spiro atoms. The van der Waals surface area contributed by atoms with E-state index in [4.69, 9.17) is 20.4 Å². The fraction of sp³-hybridized carbons (Fsp3) is 0.118. The first-order valence-corrected chi connectivity index (χ1v) is 7.15. The number of furan rings is 2. The zero-order valence-corrected chi connectivity index (χ0v) is 12.7. The molecule has 22 heavy (non-hydrogen) atoms. The second-order valence-electron chi connectivity index (χ2n) is 4.88. The van der Waals surface area contributed by atoms with Gasteiger partial charge in [0, 0.05) is 12.6 Å². The molecule has 3 rings (SSSR count). The number of hydrogen-bond donors (Lipinski definition) is 0. The third-order valence-electron chi connectivity index (χ3n) is 3.28. The summed E-state index contributed by atoms with van der Waals surface area (Å²) in [5.41, 5.74) is 0.761. The van der Waals surface area contributed by atoms with Gasteiger partial charge >= 0.3 is 0 Å². The first kappa shape index (κ1) is 14.5. The summed E-state index contributed by atoms with van der Waals surface area (Å²) in [6, 6.07) is 14.4. The van der Waals surface area contributed by atoms with E-state index < -0.39 is 0 Å². The standard InChI is InChI=1S/C17H14ClNO3/c1-19(11-12-5-4-10-21-12)17(20)16-9-8-15(22-16)13-6-2-3-7-14(13)18/h2-10H,11H2,1H3. The van der Waals surface area contributed by atoms with Gasteiger partial charge in [-0.05, 0) is 36.4 Å². The molecule has 0 aliphatic heterocycles. The third kappa shape index (κ3) is 2.92. The van der Waals surface area contributed by atoms with Crippen molar-refractivity contribution in [1.82, 2.24) is 4.90 Å². The largest absolute Gasteiger partial charge is 0.467 e. The second-order valence-corrected chi connectivity index (χ2v) is 5.29. The molecular weight excluding hydrogens is 302 g/mol. The molecular formula is C17H14ClNO3. The summed E-state index contributed by atoms with van der Waals surface area (Å²) in [6.07, 6.45) is 1.58. The molecule has 0 unspecified atom stereocenters. The Morgan fingerprint density at radius 1 is 1.14 bits per heavy atom. The van der Waals surface area contributed by atoms with Gasteiger partial charge in [0.05, 0.1) is 17.8 Å². The highest BCUT2D eigenvalue weighted by Gasteiger charge is 2.18. The lowest BCUT2D eigenvalue weighted by Crippen LogP contribution is -2.25. The Hall–Kier alpha value is -2.46. The molecule has 1 amide bonds. The van der Waals surface area contributed by atoms with Crippen molar-refractivity contribution in [2.24, 2.45) is 0 Å². The van der Waals surface area contributed by atoms with Crippen LogP contribution in [0.5, 0.6) is 0 Å². The van der Waals surface area contributed by atoms with E-state index in [9.17, 15) is 4.79 Å². The van der Waals surface area contributed by atoms with Gasteiger partial charge in [-0.2, -0.15) is 0 Å². The number of benzene rings is 1. The Bertz CT molecular complexity index is 777. The molecule has 0 aliphatic rings. The first-order valence-electron chi connectivity index (χ1n) is 6.78. The van der Waals surface area contributed by atoms with Gasteiger partial charge in [0.25, 0.3) is 5.91 Å². The van der Waals surface area contributed by atoms with Gasteiger partial charge in [-0.1, -0.05) is 23.7 Å². The maximum atomic E-state index is 12.4. The van der Waals surface area contributed by atoms with E-state index >= 15 is 0 Å². The summed E-state index contributed by atoms with van der Waals surface area (Å²) in [4.78, 5) is 13.9. The highest BCUT2D eigenvalue weighted by Crippen LogP contribution is 2.29. The highest BCUT2D eigenvalue weighted by atomic mass is 35.5. The number of amides is 1. The van der Waals surface area contributed by atoms with Crippen LogP contribution in [0.3, 0.4) is 0 Å². The van der Waals surface area contributed by atoms with Crippen LogP contribution < -0.4 is 0 Å². The van der Waals surface area contributed by atoms with Crippen molar-refractivity contribution in [3.8, 4) is 11.3 Å². The number of halogens is 1. The molecule has 3 aromatic rings. The fourth-order valence-corrected chi connectivity index (χ4v) is 2.38. The molecule has 0 aliphatic carbocycles. The van der Waals surface area contributed by atoms with Crippen LogP contribution in [0, 0.1) is 0 Å². The maximum absolute atomic E-state index is 12.4. The van der Waals surface area contributed by atoms with Crippen molar-refractivity contribution in [1.29, 1.82) is 0 Å². The Labute approximate surface area is 132 Å². The summed E-state index contributed by atoms with van der Waals surface area (Å²) >= 11 is 6.14. The first-order chi connectivity index (χ1) is 10.6. The Morgan fingerprint density at radius 2 is 1.95 bits per heavy atom. The van der Waals surface area contributed by atoms with E-state index in [-0.39, 0.29) is 11.7 Å². The van der Waals surface area contributed by atoms with Crippen molar-refractivity contribution >= 4 is 17.5 Å². The summed E-state index contributed by atoms with van der Waals surface area (Å²) < 4.78 is 10.9. The summed E-state index contributed by atoms with van der Waals surface area (Å²) in [5.74, 6) is 1.34. The van der Waals surface area contributed by atoms with Gasteiger partial charge in [-0.3, -0.25) is 4.79 Å². The average molecular weight is 316 g/mol. The molecule has 0 N–H and O–H groups in total. The summed E-state index contributed by atoms with van der Waals surface area (Å²) in [7, 11) is 1.70. The molecule has 0 fully saturated rings. The molecule has 2 aromatic heterocycles. The molecule has 1 aromatic carbocycles. The molecule has 112 valence electrons. The van der Waals surface area contributed by atoms with Crippen molar-refractivity contribution in [2.75, 3.05) is 7.05 Å². The van der Waals surface area contributed by atoms with Crippen LogP contribution in [0.2, 0.25) is 5.02 Å². The number of hydrogen-bond acceptors (Lipinski definition) is 3. The minimum atomic E-state index is -0.213. The topological polar surface area (TPSA) is 46.6 Å². The molecule has 4 nitrogen and oxygen atoms in total. The van der Waals surface area contributed by atoms with Crippen LogP contribution in [-0.2, 0) is 6.54 Å². The zero-order chi connectivity index (χ0) is 15.5. The Kier molecular flexibility index (Phi) is 4.02. The molecule has 0 atom stereocenters. The van der Waals surface area contributed by atoms with Gasteiger partial charge in [0.15, 0.2) is 5.76 Å². The molecule has 5 heteroatoms. The zero-order valence-electron chi connectivity index (χ0n) is 12.0. The van der Waals surface area contributed by atoms with Crippen LogP contribution in [0.25, 0.3) is 11.3 Å². The Morgan fingerprint density at radius 3 is 2.68 bits per heavy atom. The summed E-state index contributed by atoms with van der Waals surface area (Å²) in [6.45, 7) is 0.383. The molecule has 2 heterocycles. The SMILES string of the molecule is CN(Cc1ccco1)C(=O)c1ccc(-c2ccccc2Cl)o1. The minimum Gasteiger partial charge on any atom is -0.467 e. The van der Waals surface area contributed by atoms with E-state index in [1.165, 1.54) is 4.90 Å². The van der Waals surface area contributed by atoms with Crippen LogP contribution in [0.15, 0.2) is 63.6 Å². The van der Waals surface area contributed by atoms with Gasteiger partial charge in [-0.15, -0.1) is 0 Å². The molecule has 0 saturated carbocycles.